The van der Waals surface area contributed by atoms with Crippen LogP contribution in [0.3, 0.4) is 0 Å². The normalized spacial score (nSPS) is 17.3. The molecule has 0 saturated carbocycles. The molecular weight excluding hydrogens is 281 g/mol. The minimum Gasteiger partial charge on any atom is -0.496 e. The Morgan fingerprint density at radius 2 is 2.26 bits per heavy atom. The van der Waals surface area contributed by atoms with Crippen molar-refractivity contribution in [3.05, 3.63) is 28.3 Å². The van der Waals surface area contributed by atoms with Crippen molar-refractivity contribution >= 4 is 24.0 Å². The van der Waals surface area contributed by atoms with Crippen molar-refractivity contribution in [3.63, 3.8) is 0 Å². The van der Waals surface area contributed by atoms with Crippen molar-refractivity contribution < 1.29 is 4.74 Å². The van der Waals surface area contributed by atoms with E-state index >= 15 is 0 Å². The molecule has 104 valence electrons. The summed E-state index contributed by atoms with van der Waals surface area (Å²) in [7, 11) is 3.76. The van der Waals surface area contributed by atoms with Gasteiger partial charge in [0.2, 0.25) is 0 Å². The molecule has 0 spiro atoms. The standard InChI is InChI=1S/C15H18ClNO.ClH/c1-4-10-17(2)13-7-5-6-11-14(18-3)9-8-12(16)15(11)13;/h1,8-9,13H,5-7,10H2,2-3H3;1H. The van der Waals surface area contributed by atoms with Crippen molar-refractivity contribution in [3.8, 4) is 18.1 Å². The second-order valence-corrected chi connectivity index (χ2v) is 5.08. The molecule has 0 N–H and O–H groups in total. The summed E-state index contributed by atoms with van der Waals surface area (Å²) in [5.74, 6) is 3.63. The lowest BCUT2D eigenvalue weighted by molar-refractivity contribution is 0.245. The van der Waals surface area contributed by atoms with Crippen LogP contribution in [0.5, 0.6) is 5.75 Å². The summed E-state index contributed by atoms with van der Waals surface area (Å²) in [4.78, 5) is 2.18. The van der Waals surface area contributed by atoms with Gasteiger partial charge >= 0.3 is 0 Å². The number of benzene rings is 1. The Morgan fingerprint density at radius 3 is 2.89 bits per heavy atom. The highest BCUT2D eigenvalue weighted by molar-refractivity contribution is 6.31. The van der Waals surface area contributed by atoms with Gasteiger partial charge in [-0.15, -0.1) is 18.8 Å². The van der Waals surface area contributed by atoms with Crippen LogP contribution in [0.2, 0.25) is 5.02 Å². The van der Waals surface area contributed by atoms with Crippen molar-refractivity contribution in [1.82, 2.24) is 4.90 Å². The van der Waals surface area contributed by atoms with Crippen LogP contribution in [0, 0.1) is 12.3 Å². The molecule has 1 aromatic rings. The summed E-state index contributed by atoms with van der Waals surface area (Å²) in [5, 5.41) is 0.819. The van der Waals surface area contributed by atoms with Crippen LogP contribution in [-0.2, 0) is 6.42 Å². The molecule has 1 aliphatic rings. The van der Waals surface area contributed by atoms with E-state index in [1.165, 1.54) is 11.1 Å². The number of halogens is 2. The first-order chi connectivity index (χ1) is 8.69. The highest BCUT2D eigenvalue weighted by Gasteiger charge is 2.27. The molecule has 0 aliphatic heterocycles. The van der Waals surface area contributed by atoms with Crippen molar-refractivity contribution in [2.75, 3.05) is 20.7 Å². The van der Waals surface area contributed by atoms with Gasteiger partial charge in [0.1, 0.15) is 5.75 Å². The smallest absolute Gasteiger partial charge is 0.122 e. The molecule has 0 amide bonds. The lowest BCUT2D eigenvalue weighted by Crippen LogP contribution is -2.28. The molecule has 0 fully saturated rings. The van der Waals surface area contributed by atoms with E-state index in [0.717, 1.165) is 30.0 Å². The van der Waals surface area contributed by atoms with Crippen molar-refractivity contribution in [2.45, 2.75) is 25.3 Å². The van der Waals surface area contributed by atoms with Gasteiger partial charge in [-0.25, -0.2) is 0 Å². The number of rotatable bonds is 3. The van der Waals surface area contributed by atoms with Gasteiger partial charge in [-0.05, 0) is 44.0 Å². The van der Waals surface area contributed by atoms with E-state index in [2.05, 4.69) is 17.9 Å². The fraction of sp³-hybridized carbons (Fsp3) is 0.467. The predicted octanol–water partition coefficient (Wildman–Crippen LogP) is 3.71. The molecule has 0 bridgehead atoms. The average Bonchev–Trinajstić information content (AvgIpc) is 2.39. The third-order valence-corrected chi connectivity index (χ3v) is 3.92. The fourth-order valence-electron chi connectivity index (χ4n) is 2.74. The van der Waals surface area contributed by atoms with E-state index in [1.54, 1.807) is 7.11 Å². The van der Waals surface area contributed by atoms with Gasteiger partial charge in [0.15, 0.2) is 0 Å². The van der Waals surface area contributed by atoms with Crippen molar-refractivity contribution in [1.29, 1.82) is 0 Å². The lowest BCUT2D eigenvalue weighted by atomic mass is 9.86. The largest absolute Gasteiger partial charge is 0.496 e. The number of ether oxygens (including phenoxy) is 1. The summed E-state index contributed by atoms with van der Waals surface area (Å²) < 4.78 is 5.44. The molecule has 0 saturated heterocycles. The molecule has 19 heavy (non-hydrogen) atoms. The molecule has 1 atom stereocenters. The number of nitrogens with zero attached hydrogens (tertiary/aromatic N) is 1. The topological polar surface area (TPSA) is 12.5 Å². The van der Waals surface area contributed by atoms with Crippen molar-refractivity contribution in [2.24, 2.45) is 0 Å². The summed E-state index contributed by atoms with van der Waals surface area (Å²) in [6.45, 7) is 0.637. The fourth-order valence-corrected chi connectivity index (χ4v) is 3.04. The molecule has 4 heteroatoms. The van der Waals surface area contributed by atoms with Crippen LogP contribution >= 0.6 is 24.0 Å². The monoisotopic (exact) mass is 299 g/mol. The van der Waals surface area contributed by atoms with E-state index in [1.807, 2.05) is 12.1 Å². The molecular formula is C15H19Cl2NO. The van der Waals surface area contributed by atoms with Crippen LogP contribution in [0.1, 0.15) is 30.0 Å². The number of hydrogen-bond acceptors (Lipinski definition) is 2. The summed E-state index contributed by atoms with van der Waals surface area (Å²) in [5.41, 5.74) is 2.44. The zero-order chi connectivity index (χ0) is 13.1. The molecule has 2 rings (SSSR count). The molecule has 0 radical (unpaired) electrons. The zero-order valence-corrected chi connectivity index (χ0v) is 12.9. The van der Waals surface area contributed by atoms with E-state index in [4.69, 9.17) is 22.8 Å². The first-order valence-corrected chi connectivity index (χ1v) is 6.55. The zero-order valence-electron chi connectivity index (χ0n) is 11.3. The lowest BCUT2D eigenvalue weighted by Gasteiger charge is -2.33. The summed E-state index contributed by atoms with van der Waals surface area (Å²) in [6, 6.07) is 4.17. The minimum atomic E-state index is 0. The van der Waals surface area contributed by atoms with Crippen LogP contribution < -0.4 is 4.74 Å². The summed E-state index contributed by atoms with van der Waals surface area (Å²) >= 11 is 6.38. The first-order valence-electron chi connectivity index (χ1n) is 6.18. The Balaban J connectivity index is 0.00000180. The van der Waals surface area contributed by atoms with Gasteiger partial charge in [-0.1, -0.05) is 17.5 Å². The van der Waals surface area contributed by atoms with Gasteiger partial charge in [0.05, 0.1) is 13.7 Å². The van der Waals surface area contributed by atoms with Gasteiger partial charge in [-0.2, -0.15) is 0 Å². The molecule has 0 heterocycles. The maximum Gasteiger partial charge on any atom is 0.122 e. The molecule has 0 aromatic heterocycles. The third-order valence-electron chi connectivity index (χ3n) is 3.59. The minimum absolute atomic E-state index is 0. The SMILES string of the molecule is C#CCN(C)C1CCCc2c(OC)ccc(Cl)c21.Cl. The highest BCUT2D eigenvalue weighted by atomic mass is 35.5. The Bertz CT molecular complexity index is 482. The van der Waals surface area contributed by atoms with Gasteiger partial charge < -0.3 is 4.74 Å². The number of methoxy groups -OCH3 is 1. The molecule has 1 aromatic carbocycles. The predicted molar refractivity (Wildman–Crippen MR) is 82.4 cm³/mol. The number of hydrogen-bond donors (Lipinski definition) is 0. The maximum atomic E-state index is 6.38. The number of fused-ring (bicyclic) bond motifs is 1. The van der Waals surface area contributed by atoms with E-state index in [-0.39, 0.29) is 12.4 Å². The van der Waals surface area contributed by atoms with Gasteiger partial charge in [-0.3, -0.25) is 4.90 Å². The van der Waals surface area contributed by atoms with Crippen LogP contribution in [0.15, 0.2) is 12.1 Å². The molecule has 1 aliphatic carbocycles. The summed E-state index contributed by atoms with van der Waals surface area (Å²) in [6.07, 6.45) is 8.67. The van der Waals surface area contributed by atoms with Gasteiger partial charge in [0, 0.05) is 16.6 Å². The van der Waals surface area contributed by atoms with E-state index in [0.29, 0.717) is 12.6 Å². The maximum absolute atomic E-state index is 6.38. The third kappa shape index (κ3) is 3.17. The van der Waals surface area contributed by atoms with Crippen LogP contribution in [-0.4, -0.2) is 25.6 Å². The Hall–Kier alpha value is -0.880. The first kappa shape index (κ1) is 16.2. The van der Waals surface area contributed by atoms with E-state index in [9.17, 15) is 0 Å². The molecule has 1 unspecified atom stereocenters. The average molecular weight is 300 g/mol. The van der Waals surface area contributed by atoms with Crippen LogP contribution in [0.4, 0.5) is 0 Å². The van der Waals surface area contributed by atoms with Gasteiger partial charge in [0.25, 0.3) is 0 Å². The van der Waals surface area contributed by atoms with Crippen LogP contribution in [0.25, 0.3) is 0 Å². The second-order valence-electron chi connectivity index (χ2n) is 4.67. The quantitative estimate of drug-likeness (QED) is 0.789. The molecule has 2 nitrogen and oxygen atoms in total. The Labute approximate surface area is 126 Å². The highest BCUT2D eigenvalue weighted by Crippen LogP contribution is 2.41. The second kappa shape index (κ2) is 7.05. The Kier molecular flexibility index (Phi) is 6.00. The van der Waals surface area contributed by atoms with E-state index < -0.39 is 0 Å². The Morgan fingerprint density at radius 1 is 1.53 bits per heavy atom. The number of terminal acetylenes is 1.